The number of rotatable bonds is 5. The second-order valence-electron chi connectivity index (χ2n) is 5.94. The molecule has 0 aromatic heterocycles. The molecule has 1 N–H and O–H groups in total. The standard InChI is InChI=1S/C14H20BrF3N2/c1-13(2,9-20(3)4)8-19-12-7-10(15)5-6-11(12)14(16,17)18/h5-7,19H,8-9H2,1-4H3. The summed E-state index contributed by atoms with van der Waals surface area (Å²) in [7, 11) is 3.89. The molecular weight excluding hydrogens is 333 g/mol. The summed E-state index contributed by atoms with van der Waals surface area (Å²) >= 11 is 3.21. The predicted octanol–water partition coefficient (Wildman–Crippen LogP) is 4.47. The molecule has 0 saturated heterocycles. The Hall–Kier alpha value is -0.750. The maximum atomic E-state index is 12.9. The van der Waals surface area contributed by atoms with E-state index in [9.17, 15) is 13.2 Å². The first-order valence-corrected chi connectivity index (χ1v) is 7.06. The molecule has 0 atom stereocenters. The zero-order valence-electron chi connectivity index (χ0n) is 12.1. The Kier molecular flexibility index (Phi) is 5.49. The lowest BCUT2D eigenvalue weighted by atomic mass is 9.92. The number of nitrogens with one attached hydrogen (secondary N) is 1. The number of halogens is 4. The number of benzene rings is 1. The van der Waals surface area contributed by atoms with Crippen molar-refractivity contribution in [1.29, 1.82) is 0 Å². The van der Waals surface area contributed by atoms with Crippen molar-refractivity contribution in [2.75, 3.05) is 32.5 Å². The van der Waals surface area contributed by atoms with E-state index >= 15 is 0 Å². The van der Waals surface area contributed by atoms with Gasteiger partial charge >= 0.3 is 6.18 Å². The molecule has 0 aliphatic carbocycles. The van der Waals surface area contributed by atoms with Gasteiger partial charge in [-0.05, 0) is 37.7 Å². The van der Waals surface area contributed by atoms with E-state index in [1.807, 2.05) is 32.8 Å². The molecule has 0 amide bonds. The van der Waals surface area contributed by atoms with Crippen LogP contribution in [0.3, 0.4) is 0 Å². The van der Waals surface area contributed by atoms with Gasteiger partial charge in [-0.25, -0.2) is 0 Å². The van der Waals surface area contributed by atoms with Crippen molar-refractivity contribution in [1.82, 2.24) is 4.90 Å². The molecule has 0 saturated carbocycles. The highest BCUT2D eigenvalue weighted by Gasteiger charge is 2.33. The Bertz CT molecular complexity index is 456. The number of nitrogens with zero attached hydrogens (tertiary/aromatic N) is 1. The van der Waals surface area contributed by atoms with Gasteiger partial charge < -0.3 is 10.2 Å². The highest BCUT2D eigenvalue weighted by atomic mass is 79.9. The lowest BCUT2D eigenvalue weighted by Crippen LogP contribution is -2.34. The average Bonchev–Trinajstić information content (AvgIpc) is 2.23. The highest BCUT2D eigenvalue weighted by molar-refractivity contribution is 9.10. The van der Waals surface area contributed by atoms with E-state index in [2.05, 4.69) is 21.2 Å². The first kappa shape index (κ1) is 17.3. The fourth-order valence-electron chi connectivity index (χ4n) is 2.16. The molecule has 0 fully saturated rings. The minimum Gasteiger partial charge on any atom is -0.384 e. The van der Waals surface area contributed by atoms with E-state index in [0.29, 0.717) is 11.0 Å². The van der Waals surface area contributed by atoms with Gasteiger partial charge in [0.15, 0.2) is 0 Å². The van der Waals surface area contributed by atoms with E-state index in [1.165, 1.54) is 12.1 Å². The van der Waals surface area contributed by atoms with E-state index in [-0.39, 0.29) is 11.1 Å². The molecule has 0 heterocycles. The second kappa shape index (κ2) is 6.35. The summed E-state index contributed by atoms with van der Waals surface area (Å²) in [5.74, 6) is 0. The monoisotopic (exact) mass is 352 g/mol. The Morgan fingerprint density at radius 1 is 1.20 bits per heavy atom. The lowest BCUT2D eigenvalue weighted by Gasteiger charge is -2.29. The molecule has 6 heteroatoms. The van der Waals surface area contributed by atoms with E-state index in [1.54, 1.807) is 0 Å². The van der Waals surface area contributed by atoms with Gasteiger partial charge in [0.1, 0.15) is 0 Å². The van der Waals surface area contributed by atoms with E-state index in [0.717, 1.165) is 12.6 Å². The molecule has 0 aliphatic rings. The molecule has 1 aromatic rings. The van der Waals surface area contributed by atoms with Crippen LogP contribution in [0.1, 0.15) is 19.4 Å². The molecule has 0 aliphatic heterocycles. The number of anilines is 1. The fraction of sp³-hybridized carbons (Fsp3) is 0.571. The minimum atomic E-state index is -4.35. The van der Waals surface area contributed by atoms with Crippen LogP contribution in [0.4, 0.5) is 18.9 Å². The second-order valence-corrected chi connectivity index (χ2v) is 6.86. The molecule has 0 spiro atoms. The first-order valence-electron chi connectivity index (χ1n) is 6.27. The maximum absolute atomic E-state index is 12.9. The minimum absolute atomic E-state index is 0.110. The topological polar surface area (TPSA) is 15.3 Å². The number of hydrogen-bond donors (Lipinski definition) is 1. The van der Waals surface area contributed by atoms with Gasteiger partial charge in [0.25, 0.3) is 0 Å². The van der Waals surface area contributed by atoms with Gasteiger partial charge in [0, 0.05) is 23.2 Å². The third-order valence-corrected chi connectivity index (χ3v) is 3.28. The Labute approximate surface area is 126 Å². The van der Waals surface area contributed by atoms with Crippen molar-refractivity contribution in [3.05, 3.63) is 28.2 Å². The highest BCUT2D eigenvalue weighted by Crippen LogP contribution is 2.36. The van der Waals surface area contributed by atoms with Crippen molar-refractivity contribution in [2.24, 2.45) is 5.41 Å². The quantitative estimate of drug-likeness (QED) is 0.840. The molecule has 0 bridgehead atoms. The fourth-order valence-corrected chi connectivity index (χ4v) is 2.52. The smallest absolute Gasteiger partial charge is 0.384 e. The molecule has 1 aromatic carbocycles. The van der Waals surface area contributed by atoms with Gasteiger partial charge in [-0.15, -0.1) is 0 Å². The van der Waals surface area contributed by atoms with Crippen molar-refractivity contribution in [3.8, 4) is 0 Å². The SMILES string of the molecule is CN(C)CC(C)(C)CNc1cc(Br)ccc1C(F)(F)F. The normalized spacial score (nSPS) is 12.8. The molecular formula is C14H20BrF3N2. The van der Waals surface area contributed by atoms with Crippen LogP contribution >= 0.6 is 15.9 Å². The molecule has 114 valence electrons. The van der Waals surface area contributed by atoms with Crippen molar-refractivity contribution >= 4 is 21.6 Å². The number of alkyl halides is 3. The molecule has 0 unspecified atom stereocenters. The largest absolute Gasteiger partial charge is 0.418 e. The van der Waals surface area contributed by atoms with Gasteiger partial charge in [0.2, 0.25) is 0 Å². The van der Waals surface area contributed by atoms with Crippen LogP contribution < -0.4 is 5.32 Å². The zero-order valence-corrected chi connectivity index (χ0v) is 13.7. The van der Waals surface area contributed by atoms with Crippen LogP contribution in [-0.4, -0.2) is 32.1 Å². The van der Waals surface area contributed by atoms with Crippen LogP contribution in [0.5, 0.6) is 0 Å². The van der Waals surface area contributed by atoms with Gasteiger partial charge in [-0.3, -0.25) is 0 Å². The summed E-state index contributed by atoms with van der Waals surface area (Å²) < 4.78 is 39.5. The average molecular weight is 353 g/mol. The molecule has 2 nitrogen and oxygen atoms in total. The molecule has 1 rings (SSSR count). The van der Waals surface area contributed by atoms with E-state index in [4.69, 9.17) is 0 Å². The number of hydrogen-bond acceptors (Lipinski definition) is 2. The van der Waals surface area contributed by atoms with Gasteiger partial charge in [0.05, 0.1) is 5.56 Å². The Balaban J connectivity index is 2.89. The summed E-state index contributed by atoms with van der Waals surface area (Å²) in [5.41, 5.74) is -0.658. The Morgan fingerprint density at radius 3 is 2.30 bits per heavy atom. The summed E-state index contributed by atoms with van der Waals surface area (Å²) in [6, 6.07) is 3.96. The maximum Gasteiger partial charge on any atom is 0.418 e. The van der Waals surface area contributed by atoms with Crippen LogP contribution in [0.2, 0.25) is 0 Å². The van der Waals surface area contributed by atoms with Crippen molar-refractivity contribution < 1.29 is 13.2 Å². The molecule has 0 radical (unpaired) electrons. The van der Waals surface area contributed by atoms with Crippen molar-refractivity contribution in [2.45, 2.75) is 20.0 Å². The zero-order chi connectivity index (χ0) is 15.6. The predicted molar refractivity (Wildman–Crippen MR) is 80.0 cm³/mol. The van der Waals surface area contributed by atoms with Crippen LogP contribution in [0.15, 0.2) is 22.7 Å². The van der Waals surface area contributed by atoms with Crippen molar-refractivity contribution in [3.63, 3.8) is 0 Å². The molecule has 20 heavy (non-hydrogen) atoms. The van der Waals surface area contributed by atoms with E-state index < -0.39 is 11.7 Å². The van der Waals surface area contributed by atoms with Crippen LogP contribution in [-0.2, 0) is 6.18 Å². The summed E-state index contributed by atoms with van der Waals surface area (Å²) in [6.07, 6.45) is -4.35. The summed E-state index contributed by atoms with van der Waals surface area (Å²) in [5, 5.41) is 2.93. The third kappa shape index (κ3) is 5.32. The van der Waals surface area contributed by atoms with Gasteiger partial charge in [-0.1, -0.05) is 29.8 Å². The summed E-state index contributed by atoms with van der Waals surface area (Å²) in [6.45, 7) is 5.29. The van der Waals surface area contributed by atoms with Crippen LogP contribution in [0.25, 0.3) is 0 Å². The lowest BCUT2D eigenvalue weighted by molar-refractivity contribution is -0.137. The van der Waals surface area contributed by atoms with Crippen LogP contribution in [0, 0.1) is 5.41 Å². The van der Waals surface area contributed by atoms with Gasteiger partial charge in [-0.2, -0.15) is 13.2 Å². The Morgan fingerprint density at radius 2 is 1.80 bits per heavy atom. The third-order valence-electron chi connectivity index (χ3n) is 2.79. The summed E-state index contributed by atoms with van der Waals surface area (Å²) in [4.78, 5) is 2.02. The first-order chi connectivity index (χ1) is 9.01.